The summed E-state index contributed by atoms with van der Waals surface area (Å²) in [6.45, 7) is 42.9. The molecule has 81 heavy (non-hydrogen) atoms. The normalized spacial score (nSPS) is 18.7. The molecule has 1 aliphatic rings. The second kappa shape index (κ2) is 30.9. The lowest BCUT2D eigenvalue weighted by molar-refractivity contribution is -0.162. The number of esters is 1. The number of para-hydroxylation sites is 2. The Morgan fingerprint density at radius 2 is 1.22 bits per heavy atom. The highest BCUT2D eigenvalue weighted by molar-refractivity contribution is 5.89. The van der Waals surface area contributed by atoms with Gasteiger partial charge in [0.2, 0.25) is 0 Å². The third-order valence-electron chi connectivity index (χ3n) is 17.9. The van der Waals surface area contributed by atoms with Crippen molar-refractivity contribution in [3.8, 4) is 11.5 Å². The summed E-state index contributed by atoms with van der Waals surface area (Å²) in [5, 5.41) is 0. The van der Waals surface area contributed by atoms with Crippen LogP contribution < -0.4 is 9.47 Å². The molecule has 1 fully saturated rings. The fraction of sp³-hybridized carbons (Fsp3) is 0.657. The van der Waals surface area contributed by atoms with E-state index in [1.807, 2.05) is 107 Å². The molecule has 0 bridgehead atoms. The van der Waals surface area contributed by atoms with Crippen LogP contribution in [0.5, 0.6) is 11.5 Å². The van der Waals surface area contributed by atoms with Crippen LogP contribution in [-0.4, -0.2) is 104 Å². The topological polar surface area (TPSA) is 111 Å². The monoisotopic (exact) mass is 1120 g/mol. The Morgan fingerprint density at radius 1 is 0.691 bits per heavy atom. The summed E-state index contributed by atoms with van der Waals surface area (Å²) in [5.41, 5.74) is -1.20. The minimum atomic E-state index is -0.876. The predicted molar refractivity (Wildman–Crippen MR) is 330 cm³/mol. The van der Waals surface area contributed by atoms with Crippen LogP contribution in [0.15, 0.2) is 115 Å². The van der Waals surface area contributed by atoms with Crippen LogP contribution in [0.4, 0.5) is 0 Å². The van der Waals surface area contributed by atoms with Crippen molar-refractivity contribution in [2.75, 3.05) is 53.2 Å². The van der Waals surface area contributed by atoms with Crippen molar-refractivity contribution in [1.82, 2.24) is 4.90 Å². The van der Waals surface area contributed by atoms with E-state index in [0.29, 0.717) is 63.5 Å². The fourth-order valence-corrected chi connectivity index (χ4v) is 11.1. The number of benzene rings is 3. The average molecular weight is 1120 g/mol. The van der Waals surface area contributed by atoms with Gasteiger partial charge in [-0.25, -0.2) is 4.79 Å². The van der Waals surface area contributed by atoms with Gasteiger partial charge in [0.1, 0.15) is 28.4 Å². The summed E-state index contributed by atoms with van der Waals surface area (Å²) in [7, 11) is 2.09. The lowest BCUT2D eigenvalue weighted by Crippen LogP contribution is -2.48. The average Bonchev–Trinajstić information content (AvgIpc) is 3.49. The van der Waals surface area contributed by atoms with Crippen LogP contribution in [-0.2, 0) is 33.2 Å². The van der Waals surface area contributed by atoms with E-state index in [4.69, 9.17) is 37.9 Å². The summed E-state index contributed by atoms with van der Waals surface area (Å²) in [6, 6.07) is 28.5. The van der Waals surface area contributed by atoms with Crippen molar-refractivity contribution < 1.29 is 47.5 Å². The highest BCUT2D eigenvalue weighted by Gasteiger charge is 2.43. The van der Waals surface area contributed by atoms with Gasteiger partial charge in [0.15, 0.2) is 0 Å². The van der Waals surface area contributed by atoms with Crippen LogP contribution in [0.3, 0.4) is 0 Å². The molecule has 0 aromatic heterocycles. The van der Waals surface area contributed by atoms with Crippen LogP contribution in [0, 0.1) is 34.5 Å². The molecule has 0 radical (unpaired) electrons. The van der Waals surface area contributed by atoms with Crippen LogP contribution >= 0.6 is 0 Å². The van der Waals surface area contributed by atoms with Gasteiger partial charge < -0.3 is 37.9 Å². The zero-order chi connectivity index (χ0) is 60.2. The van der Waals surface area contributed by atoms with E-state index >= 15 is 0 Å². The number of nitrogens with zero attached hydrogens (tertiary/aromatic N) is 1. The van der Waals surface area contributed by atoms with Gasteiger partial charge in [0, 0.05) is 19.8 Å². The quantitative estimate of drug-likeness (QED) is 0.0180. The Hall–Kier alpha value is -4.52. The van der Waals surface area contributed by atoms with Crippen LogP contribution in [0.2, 0.25) is 0 Å². The Labute approximate surface area is 491 Å². The lowest BCUT2D eigenvalue weighted by atomic mass is 9.61. The molecule has 1 saturated carbocycles. The zero-order valence-electron chi connectivity index (χ0n) is 53.5. The lowest BCUT2D eigenvalue weighted by Gasteiger charge is -2.46. The van der Waals surface area contributed by atoms with Gasteiger partial charge in [0.25, 0.3) is 6.47 Å². The van der Waals surface area contributed by atoms with Gasteiger partial charge in [-0.3, -0.25) is 9.69 Å². The molecule has 3 aromatic carbocycles. The molecule has 0 spiro atoms. The van der Waals surface area contributed by atoms with Gasteiger partial charge in [0.05, 0.1) is 60.6 Å². The van der Waals surface area contributed by atoms with Gasteiger partial charge in [-0.05, 0) is 207 Å². The number of hydrogen-bond donors (Lipinski definition) is 0. The third-order valence-corrected chi connectivity index (χ3v) is 17.9. The van der Waals surface area contributed by atoms with Crippen molar-refractivity contribution in [2.45, 2.75) is 209 Å². The molecule has 11 heteroatoms. The number of ether oxygens (including phenoxy) is 8. The molecule has 0 saturated heterocycles. The number of carbonyl (C=O) groups excluding carboxylic acids is 2. The first-order chi connectivity index (χ1) is 37.9. The van der Waals surface area contributed by atoms with E-state index < -0.39 is 22.5 Å². The summed E-state index contributed by atoms with van der Waals surface area (Å²) >= 11 is 0. The molecule has 0 aliphatic heterocycles. The van der Waals surface area contributed by atoms with E-state index in [1.54, 1.807) is 12.1 Å². The molecule has 5 unspecified atom stereocenters. The predicted octanol–water partition coefficient (Wildman–Crippen LogP) is 16.3. The zero-order valence-corrected chi connectivity index (χ0v) is 53.5. The Kier molecular flexibility index (Phi) is 26.3. The second-order valence-corrected chi connectivity index (χ2v) is 27.3. The van der Waals surface area contributed by atoms with E-state index in [0.717, 1.165) is 82.3 Å². The molecule has 4 rings (SSSR count). The number of allylic oxidation sites excluding steroid dienone is 2. The SMILES string of the molecule is C=CC1CC(C)(CC(C)(C)OCCCN(C)C(C)(C)OCC(COc2ccccc2)C(C)(C)OC(=O)c2ccccc2)CCC1/C(=C/CC(C)(C)OCCCCC(C)(C)C(C)(C)OCC(COc1ccccc1)C(C)(C)OC=O)CC. The minimum Gasteiger partial charge on any atom is -0.493 e. The van der Waals surface area contributed by atoms with Crippen molar-refractivity contribution in [3.05, 3.63) is 121 Å². The summed E-state index contributed by atoms with van der Waals surface area (Å²) < 4.78 is 50.7. The largest absolute Gasteiger partial charge is 0.493 e. The smallest absolute Gasteiger partial charge is 0.338 e. The molecule has 5 atom stereocenters. The third kappa shape index (κ3) is 22.5. The number of hydrogen-bond acceptors (Lipinski definition) is 11. The summed E-state index contributed by atoms with van der Waals surface area (Å²) in [6.07, 6.45) is 14.8. The maximum atomic E-state index is 13.2. The van der Waals surface area contributed by atoms with Crippen LogP contribution in [0.25, 0.3) is 0 Å². The number of rotatable bonds is 38. The van der Waals surface area contributed by atoms with Crippen molar-refractivity contribution in [1.29, 1.82) is 0 Å². The number of carbonyl (C=O) groups is 2. The maximum Gasteiger partial charge on any atom is 0.338 e. The Morgan fingerprint density at radius 3 is 1.78 bits per heavy atom. The Bertz CT molecular complexity index is 2340. The van der Waals surface area contributed by atoms with Gasteiger partial charge in [-0.15, -0.1) is 6.58 Å². The summed E-state index contributed by atoms with van der Waals surface area (Å²) in [4.78, 5) is 26.9. The van der Waals surface area contributed by atoms with E-state index in [1.165, 1.54) is 5.57 Å². The molecular formula is C70H109NO10. The fourth-order valence-electron chi connectivity index (χ4n) is 11.1. The molecule has 11 nitrogen and oxygen atoms in total. The summed E-state index contributed by atoms with van der Waals surface area (Å²) in [5.74, 6) is 1.61. The second-order valence-electron chi connectivity index (χ2n) is 27.3. The molecule has 3 aromatic rings. The Balaban J connectivity index is 1.22. The van der Waals surface area contributed by atoms with E-state index in [9.17, 15) is 9.59 Å². The molecule has 454 valence electrons. The molecule has 0 N–H and O–H groups in total. The number of unbranched alkanes of at least 4 members (excludes halogenated alkanes) is 1. The highest BCUT2D eigenvalue weighted by atomic mass is 16.6. The van der Waals surface area contributed by atoms with Crippen molar-refractivity contribution in [2.24, 2.45) is 34.5 Å². The minimum absolute atomic E-state index is 0.120. The van der Waals surface area contributed by atoms with E-state index in [2.05, 4.69) is 114 Å². The first-order valence-corrected chi connectivity index (χ1v) is 30.2. The van der Waals surface area contributed by atoms with Gasteiger partial charge in [-0.2, -0.15) is 0 Å². The standard InChI is InChI=1S/C70H109NO10/c1-19-54(39-42-64(5,6)76-45-31-30-41-63(3,4)68(13,14)78-50-57(66(9,10)80-53-72)48-74-59-35-26-22-27-36-59)61-40-43-70(17,47-55(61)20-2)52-65(7,8)77-46-32-44-71(18)69(15,16)79-51-58(49-75-60-37-28-23-29-38-60)67(11,12)81-62(73)56-33-24-21-25-34-56/h20-29,33-39,53,55,57-58,61H,2,19,30-32,40-52H2,1,3-18H3/b54-39+. The van der Waals surface area contributed by atoms with Crippen molar-refractivity contribution in [3.63, 3.8) is 0 Å². The first kappa shape index (κ1) is 69.0. The molecular weight excluding hydrogens is 1010 g/mol. The molecule has 0 heterocycles. The first-order valence-electron chi connectivity index (χ1n) is 30.2. The van der Waals surface area contributed by atoms with E-state index in [-0.39, 0.29) is 39.8 Å². The van der Waals surface area contributed by atoms with Crippen molar-refractivity contribution >= 4 is 12.4 Å². The highest BCUT2D eigenvalue weighted by Crippen LogP contribution is 2.50. The molecule has 0 amide bonds. The maximum absolute atomic E-state index is 13.2. The molecule has 1 aliphatic carbocycles. The van der Waals surface area contributed by atoms with Gasteiger partial charge >= 0.3 is 5.97 Å². The van der Waals surface area contributed by atoms with Gasteiger partial charge in [-0.1, -0.05) is 106 Å². The van der Waals surface area contributed by atoms with Crippen LogP contribution in [0.1, 0.15) is 185 Å².